The summed E-state index contributed by atoms with van der Waals surface area (Å²) >= 11 is 0. The molecule has 1 fully saturated rings. The molecule has 0 aliphatic carbocycles. The highest BCUT2D eigenvalue weighted by Crippen LogP contribution is 2.12. The van der Waals surface area contributed by atoms with Gasteiger partial charge in [0.25, 0.3) is 5.91 Å². The minimum atomic E-state index is 0.0970. The molecule has 116 valence electrons. The van der Waals surface area contributed by atoms with E-state index in [0.717, 1.165) is 37.5 Å². The van der Waals surface area contributed by atoms with Crippen LogP contribution in [0.5, 0.6) is 5.75 Å². The van der Waals surface area contributed by atoms with Gasteiger partial charge in [0.05, 0.1) is 32.2 Å². The summed E-state index contributed by atoms with van der Waals surface area (Å²) in [4.78, 5) is 15.7. The second kappa shape index (κ2) is 7.46. The van der Waals surface area contributed by atoms with E-state index in [0.29, 0.717) is 6.04 Å². The number of hydrogen-bond donors (Lipinski definition) is 1. The maximum atomic E-state index is 12.2. The minimum absolute atomic E-state index is 0.0970. The Balaban J connectivity index is 1.77. The molecule has 0 saturated carbocycles. The van der Waals surface area contributed by atoms with Crippen LogP contribution in [-0.2, 0) is 4.79 Å². The number of carbonyl (C=O) groups is 1. The molecule has 1 atom stereocenters. The van der Waals surface area contributed by atoms with Crippen molar-refractivity contribution in [2.75, 3.05) is 32.8 Å². The minimum Gasteiger partial charge on any atom is -0.484 e. The van der Waals surface area contributed by atoms with Crippen LogP contribution < -0.4 is 9.64 Å². The number of amides is 1. The number of nitrogens with zero attached hydrogens (tertiary/aromatic N) is 1. The van der Waals surface area contributed by atoms with Crippen molar-refractivity contribution in [2.45, 2.75) is 33.2 Å². The van der Waals surface area contributed by atoms with Gasteiger partial charge in [0.15, 0.2) is 6.61 Å². The van der Waals surface area contributed by atoms with Crippen molar-refractivity contribution in [3.05, 3.63) is 29.8 Å². The summed E-state index contributed by atoms with van der Waals surface area (Å²) in [6.45, 7) is 10.5. The van der Waals surface area contributed by atoms with Gasteiger partial charge in [0.2, 0.25) is 0 Å². The van der Waals surface area contributed by atoms with Crippen molar-refractivity contribution in [2.24, 2.45) is 0 Å². The molecule has 0 unspecified atom stereocenters. The first-order valence-corrected chi connectivity index (χ1v) is 7.92. The van der Waals surface area contributed by atoms with Crippen LogP contribution in [0.4, 0.5) is 0 Å². The molecule has 1 aromatic rings. The molecule has 0 bridgehead atoms. The third kappa shape index (κ3) is 4.46. The predicted molar refractivity (Wildman–Crippen MR) is 83.7 cm³/mol. The molecule has 1 aliphatic heterocycles. The van der Waals surface area contributed by atoms with Crippen molar-refractivity contribution in [1.82, 2.24) is 4.90 Å². The van der Waals surface area contributed by atoms with Gasteiger partial charge in [-0.3, -0.25) is 4.79 Å². The highest BCUT2D eigenvalue weighted by Gasteiger charge is 2.26. The largest absolute Gasteiger partial charge is 0.484 e. The van der Waals surface area contributed by atoms with Gasteiger partial charge in [-0.2, -0.15) is 0 Å². The van der Waals surface area contributed by atoms with Gasteiger partial charge in [-0.05, 0) is 38.0 Å². The molecule has 0 radical (unpaired) electrons. The van der Waals surface area contributed by atoms with Gasteiger partial charge in [0, 0.05) is 0 Å². The van der Waals surface area contributed by atoms with E-state index in [1.807, 2.05) is 36.1 Å². The molecular weight excluding hydrogens is 264 g/mol. The van der Waals surface area contributed by atoms with Crippen molar-refractivity contribution in [3.63, 3.8) is 0 Å². The van der Waals surface area contributed by atoms with Crippen LogP contribution in [0.25, 0.3) is 0 Å². The molecule has 4 heteroatoms. The van der Waals surface area contributed by atoms with E-state index < -0.39 is 0 Å². The maximum absolute atomic E-state index is 12.2. The van der Waals surface area contributed by atoms with Crippen molar-refractivity contribution in [3.8, 4) is 5.75 Å². The number of aryl methyl sites for hydroxylation is 1. The summed E-state index contributed by atoms with van der Waals surface area (Å²) in [6, 6.07) is 8.50. The number of hydrogen-bond acceptors (Lipinski definition) is 2. The molecule has 0 aromatic heterocycles. The Morgan fingerprint density at radius 2 is 2.10 bits per heavy atom. The van der Waals surface area contributed by atoms with E-state index in [2.05, 4.69) is 13.8 Å². The number of carbonyl (C=O) groups excluding carboxylic acids is 1. The van der Waals surface area contributed by atoms with E-state index in [9.17, 15) is 4.79 Å². The first-order valence-electron chi connectivity index (χ1n) is 7.92. The second-order valence-corrected chi connectivity index (χ2v) is 5.95. The summed E-state index contributed by atoms with van der Waals surface area (Å²) in [7, 11) is 0. The Morgan fingerprint density at radius 3 is 2.71 bits per heavy atom. The zero-order chi connectivity index (χ0) is 15.2. The molecular formula is C17H27N2O2+. The average Bonchev–Trinajstić information content (AvgIpc) is 2.52. The number of ether oxygens (including phenoxy) is 1. The monoisotopic (exact) mass is 291 g/mol. The van der Waals surface area contributed by atoms with E-state index in [4.69, 9.17) is 4.74 Å². The highest BCUT2D eigenvalue weighted by atomic mass is 16.5. The average molecular weight is 291 g/mol. The molecule has 1 amide bonds. The van der Waals surface area contributed by atoms with Crippen LogP contribution in [0.2, 0.25) is 0 Å². The van der Waals surface area contributed by atoms with Crippen molar-refractivity contribution < 1.29 is 14.4 Å². The summed E-state index contributed by atoms with van der Waals surface area (Å²) in [5.41, 5.74) is 1.14. The van der Waals surface area contributed by atoms with Crippen LogP contribution in [0.15, 0.2) is 24.3 Å². The zero-order valence-electron chi connectivity index (χ0n) is 13.4. The summed E-state index contributed by atoms with van der Waals surface area (Å²) < 4.78 is 5.60. The molecule has 1 aromatic carbocycles. The van der Waals surface area contributed by atoms with Crippen LogP contribution in [0.1, 0.15) is 25.8 Å². The fraction of sp³-hybridized carbons (Fsp3) is 0.588. The quantitative estimate of drug-likeness (QED) is 0.874. The molecule has 21 heavy (non-hydrogen) atoms. The Morgan fingerprint density at radius 1 is 1.38 bits per heavy atom. The van der Waals surface area contributed by atoms with Gasteiger partial charge < -0.3 is 14.5 Å². The van der Waals surface area contributed by atoms with Gasteiger partial charge in [-0.25, -0.2) is 0 Å². The fourth-order valence-corrected chi connectivity index (χ4v) is 2.77. The first kappa shape index (κ1) is 15.8. The predicted octanol–water partition coefficient (Wildman–Crippen LogP) is 0.899. The van der Waals surface area contributed by atoms with Crippen LogP contribution in [0.3, 0.4) is 0 Å². The normalized spacial score (nSPS) is 17.6. The fourth-order valence-electron chi connectivity index (χ4n) is 2.77. The molecule has 4 nitrogen and oxygen atoms in total. The third-order valence-electron chi connectivity index (χ3n) is 4.42. The molecule has 1 aliphatic rings. The summed E-state index contributed by atoms with van der Waals surface area (Å²) in [5, 5.41) is 0. The number of rotatable bonds is 5. The maximum Gasteiger partial charge on any atom is 0.260 e. The Hall–Kier alpha value is -1.55. The molecule has 2 rings (SSSR count). The lowest BCUT2D eigenvalue weighted by Crippen LogP contribution is -3.17. The lowest BCUT2D eigenvalue weighted by molar-refractivity contribution is -0.927. The van der Waals surface area contributed by atoms with E-state index in [-0.39, 0.29) is 12.5 Å². The molecule has 1 saturated heterocycles. The van der Waals surface area contributed by atoms with Crippen LogP contribution in [0, 0.1) is 6.92 Å². The number of nitrogens with one attached hydrogen (secondary N) is 1. The van der Waals surface area contributed by atoms with Gasteiger partial charge in [-0.15, -0.1) is 0 Å². The standard InChI is InChI=1S/C17H26N2O2/c1-4-15(3)18-8-10-19(11-9-18)17(20)13-21-16-7-5-6-14(2)12-16/h5-7,12,15H,4,8-11,13H2,1-3H3/p+1/t15-/m1/s1. The lowest BCUT2D eigenvalue weighted by atomic mass is 10.2. The Labute approximate surface area is 127 Å². The third-order valence-corrected chi connectivity index (χ3v) is 4.42. The Bertz CT molecular complexity index is 468. The highest BCUT2D eigenvalue weighted by molar-refractivity contribution is 5.77. The van der Waals surface area contributed by atoms with Gasteiger partial charge in [0.1, 0.15) is 5.75 Å². The van der Waals surface area contributed by atoms with Crippen LogP contribution >= 0.6 is 0 Å². The zero-order valence-corrected chi connectivity index (χ0v) is 13.4. The number of quaternary nitrogens is 1. The first-order chi connectivity index (χ1) is 10.1. The molecule has 1 N–H and O–H groups in total. The second-order valence-electron chi connectivity index (χ2n) is 5.95. The van der Waals surface area contributed by atoms with E-state index in [1.54, 1.807) is 4.90 Å². The smallest absolute Gasteiger partial charge is 0.260 e. The van der Waals surface area contributed by atoms with E-state index in [1.165, 1.54) is 6.42 Å². The number of benzene rings is 1. The number of piperazine rings is 1. The topological polar surface area (TPSA) is 34.0 Å². The Kier molecular flexibility index (Phi) is 5.62. The van der Waals surface area contributed by atoms with Gasteiger partial charge >= 0.3 is 0 Å². The molecule has 1 heterocycles. The summed E-state index contributed by atoms with van der Waals surface area (Å²) in [6.07, 6.45) is 1.19. The van der Waals surface area contributed by atoms with Gasteiger partial charge in [-0.1, -0.05) is 19.1 Å². The van der Waals surface area contributed by atoms with E-state index >= 15 is 0 Å². The van der Waals surface area contributed by atoms with Crippen molar-refractivity contribution >= 4 is 5.91 Å². The SMILES string of the molecule is CC[C@@H](C)[NH+]1CCN(C(=O)COc2cccc(C)c2)CC1. The lowest BCUT2D eigenvalue weighted by Gasteiger charge is -2.35. The van der Waals surface area contributed by atoms with Crippen LogP contribution in [-0.4, -0.2) is 49.6 Å². The van der Waals surface area contributed by atoms with Crippen molar-refractivity contribution in [1.29, 1.82) is 0 Å². The molecule has 0 spiro atoms. The summed E-state index contributed by atoms with van der Waals surface area (Å²) in [5.74, 6) is 0.868.